The van der Waals surface area contributed by atoms with Gasteiger partial charge in [0, 0.05) is 31.5 Å². The molecule has 25 heavy (non-hydrogen) atoms. The number of nitrogens with one attached hydrogen (secondary N) is 1. The predicted octanol–water partition coefficient (Wildman–Crippen LogP) is 4.64. The van der Waals surface area contributed by atoms with Crippen LogP contribution in [0.15, 0.2) is 61.2 Å². The van der Waals surface area contributed by atoms with Gasteiger partial charge in [-0.25, -0.2) is 9.97 Å². The lowest BCUT2D eigenvalue weighted by Crippen LogP contribution is -2.07. The maximum Gasteiger partial charge on any atom is 0.237 e. The summed E-state index contributed by atoms with van der Waals surface area (Å²) in [6.07, 6.45) is 5.28. The molecule has 4 rings (SSSR count). The van der Waals surface area contributed by atoms with Crippen LogP contribution in [0.1, 0.15) is 5.56 Å². The van der Waals surface area contributed by atoms with Crippen molar-refractivity contribution < 1.29 is 0 Å². The maximum absolute atomic E-state index is 4.74. The third-order valence-corrected chi connectivity index (χ3v) is 5.19. The number of hydrogen-bond acceptors (Lipinski definition) is 4. The van der Waals surface area contributed by atoms with Crippen molar-refractivity contribution in [3.8, 4) is 5.95 Å². The van der Waals surface area contributed by atoms with E-state index in [-0.39, 0.29) is 0 Å². The number of fused-ring (bicyclic) bond motifs is 1. The molecule has 0 atom stereocenters. The van der Waals surface area contributed by atoms with Crippen molar-refractivity contribution in [2.45, 2.75) is 6.54 Å². The highest BCUT2D eigenvalue weighted by Crippen LogP contribution is 2.28. The highest BCUT2D eigenvalue weighted by atomic mass is 127. The number of benzene rings is 2. The van der Waals surface area contributed by atoms with Gasteiger partial charge in [0.15, 0.2) is 0 Å². The van der Waals surface area contributed by atoms with Gasteiger partial charge in [0.25, 0.3) is 0 Å². The van der Waals surface area contributed by atoms with Gasteiger partial charge in [-0.05, 0) is 62.9 Å². The van der Waals surface area contributed by atoms with Crippen molar-refractivity contribution in [3.05, 3.63) is 73.9 Å². The first-order valence-electron chi connectivity index (χ1n) is 7.63. The zero-order chi connectivity index (χ0) is 17.2. The molecule has 0 aliphatic heterocycles. The topological polar surface area (TPSA) is 55.6 Å². The molecule has 5 nitrogen and oxygen atoms in total. The second-order valence-corrected chi connectivity index (χ2v) is 7.87. The second kappa shape index (κ2) is 7.24. The fraction of sp³-hybridized carbons (Fsp3) is 0.0556. The highest BCUT2D eigenvalue weighted by Gasteiger charge is 2.12. The number of rotatable bonds is 4. The van der Waals surface area contributed by atoms with Crippen LogP contribution in [-0.2, 0) is 6.54 Å². The lowest BCUT2D eigenvalue weighted by Gasteiger charge is -2.12. The molecule has 0 fully saturated rings. The Bertz CT molecular complexity index is 1020. The van der Waals surface area contributed by atoms with E-state index in [1.807, 2.05) is 29.0 Å². The van der Waals surface area contributed by atoms with Crippen LogP contribution in [0.3, 0.4) is 0 Å². The van der Waals surface area contributed by atoms with Crippen LogP contribution in [0.2, 0.25) is 0 Å². The third kappa shape index (κ3) is 3.61. The first kappa shape index (κ1) is 16.7. The molecule has 0 saturated carbocycles. The first-order valence-corrected chi connectivity index (χ1v) is 9.79. The van der Waals surface area contributed by atoms with Gasteiger partial charge in [-0.1, -0.05) is 30.3 Å². The van der Waals surface area contributed by atoms with Gasteiger partial charge in [-0.15, -0.1) is 0 Å². The Morgan fingerprint density at radius 2 is 1.88 bits per heavy atom. The maximum atomic E-state index is 4.74. The summed E-state index contributed by atoms with van der Waals surface area (Å²) in [6, 6.07) is 14.5. The Morgan fingerprint density at radius 1 is 1.04 bits per heavy atom. The molecule has 2 aromatic heterocycles. The van der Waals surface area contributed by atoms with Gasteiger partial charge < -0.3 is 5.32 Å². The molecule has 4 aromatic rings. The minimum Gasteiger partial charge on any atom is -0.365 e. The quantitative estimate of drug-likeness (QED) is 0.375. The Morgan fingerprint density at radius 3 is 2.64 bits per heavy atom. The Kier molecular flexibility index (Phi) is 4.84. The smallest absolute Gasteiger partial charge is 0.237 e. The summed E-state index contributed by atoms with van der Waals surface area (Å²) in [5.74, 6) is 1.44. The number of nitrogens with zero attached hydrogens (tertiary/aromatic N) is 4. The van der Waals surface area contributed by atoms with Gasteiger partial charge in [0.2, 0.25) is 5.95 Å². The molecule has 0 radical (unpaired) electrons. The van der Waals surface area contributed by atoms with Crippen molar-refractivity contribution in [2.75, 3.05) is 5.32 Å². The SMILES string of the molecule is Ic1cc(I)c2nc(-n3ccnc3)nc(NCc3ccccc3)c2c1. The van der Waals surface area contributed by atoms with E-state index in [9.17, 15) is 0 Å². The zero-order valence-electron chi connectivity index (χ0n) is 13.0. The van der Waals surface area contributed by atoms with Crippen molar-refractivity contribution in [2.24, 2.45) is 0 Å². The molecule has 0 amide bonds. The third-order valence-electron chi connectivity index (χ3n) is 3.75. The van der Waals surface area contributed by atoms with Gasteiger partial charge in [-0.2, -0.15) is 4.98 Å². The van der Waals surface area contributed by atoms with Gasteiger partial charge in [0.1, 0.15) is 12.1 Å². The predicted molar refractivity (Wildman–Crippen MR) is 116 cm³/mol. The molecule has 0 saturated heterocycles. The van der Waals surface area contributed by atoms with Gasteiger partial charge in [0.05, 0.1) is 5.52 Å². The van der Waals surface area contributed by atoms with Crippen LogP contribution < -0.4 is 5.32 Å². The monoisotopic (exact) mass is 553 g/mol. The molecular weight excluding hydrogens is 540 g/mol. The minimum atomic E-state index is 0.611. The fourth-order valence-electron chi connectivity index (χ4n) is 2.55. The Hall–Kier alpha value is -1.75. The average molecular weight is 553 g/mol. The highest BCUT2D eigenvalue weighted by molar-refractivity contribution is 14.1. The van der Waals surface area contributed by atoms with Crippen molar-refractivity contribution in [1.82, 2.24) is 19.5 Å². The number of anilines is 1. The summed E-state index contributed by atoms with van der Waals surface area (Å²) in [4.78, 5) is 13.6. The molecule has 0 bridgehead atoms. The van der Waals surface area contributed by atoms with Crippen molar-refractivity contribution in [3.63, 3.8) is 0 Å². The van der Waals surface area contributed by atoms with Crippen LogP contribution in [-0.4, -0.2) is 19.5 Å². The van der Waals surface area contributed by atoms with Gasteiger partial charge >= 0.3 is 0 Å². The van der Waals surface area contributed by atoms with E-state index in [4.69, 9.17) is 9.97 Å². The number of hydrogen-bond donors (Lipinski definition) is 1. The summed E-state index contributed by atoms with van der Waals surface area (Å²) in [5.41, 5.74) is 2.15. The van der Waals surface area contributed by atoms with Crippen molar-refractivity contribution in [1.29, 1.82) is 0 Å². The van der Waals surface area contributed by atoms with E-state index in [2.05, 4.69) is 79.7 Å². The van der Waals surface area contributed by atoms with E-state index in [1.165, 1.54) is 5.56 Å². The first-order chi connectivity index (χ1) is 12.2. The average Bonchev–Trinajstić information content (AvgIpc) is 3.15. The summed E-state index contributed by atoms with van der Waals surface area (Å²) < 4.78 is 4.09. The van der Waals surface area contributed by atoms with Crippen LogP contribution in [0.4, 0.5) is 5.82 Å². The number of imidazole rings is 1. The molecule has 0 aliphatic carbocycles. The van der Waals surface area contributed by atoms with Crippen LogP contribution in [0.25, 0.3) is 16.9 Å². The lowest BCUT2D eigenvalue weighted by molar-refractivity contribution is 0.935. The molecule has 0 spiro atoms. The van der Waals surface area contributed by atoms with Gasteiger partial charge in [-0.3, -0.25) is 4.57 Å². The fourth-order valence-corrected chi connectivity index (χ4v) is 4.52. The van der Waals surface area contributed by atoms with Crippen LogP contribution in [0.5, 0.6) is 0 Å². The number of halogens is 2. The second-order valence-electron chi connectivity index (χ2n) is 5.47. The molecule has 7 heteroatoms. The van der Waals surface area contributed by atoms with Crippen LogP contribution >= 0.6 is 45.2 Å². The molecule has 124 valence electrons. The normalized spacial score (nSPS) is 11.0. The molecule has 0 aliphatic rings. The van der Waals surface area contributed by atoms with E-state index < -0.39 is 0 Å². The summed E-state index contributed by atoms with van der Waals surface area (Å²) in [7, 11) is 0. The van der Waals surface area contributed by atoms with Crippen molar-refractivity contribution >= 4 is 61.9 Å². The summed E-state index contributed by atoms with van der Waals surface area (Å²) in [5, 5.41) is 4.49. The van der Waals surface area contributed by atoms with Crippen LogP contribution in [0, 0.1) is 7.14 Å². The summed E-state index contributed by atoms with van der Waals surface area (Å²) in [6.45, 7) is 0.707. The van der Waals surface area contributed by atoms with E-state index >= 15 is 0 Å². The molecule has 2 aromatic carbocycles. The lowest BCUT2D eigenvalue weighted by atomic mass is 10.2. The van der Waals surface area contributed by atoms with E-state index in [1.54, 1.807) is 12.5 Å². The zero-order valence-corrected chi connectivity index (χ0v) is 17.3. The molecule has 2 heterocycles. The summed E-state index contributed by atoms with van der Waals surface area (Å²) >= 11 is 4.65. The van der Waals surface area contributed by atoms with E-state index in [0.29, 0.717) is 12.5 Å². The molecule has 1 N–H and O–H groups in total. The Balaban J connectivity index is 1.82. The number of aromatic nitrogens is 4. The largest absolute Gasteiger partial charge is 0.365 e. The minimum absolute atomic E-state index is 0.611. The Labute approximate surface area is 172 Å². The van der Waals surface area contributed by atoms with E-state index in [0.717, 1.165) is 23.9 Å². The molecule has 0 unspecified atom stereocenters. The standard InChI is InChI=1S/C18H13I2N5/c19-13-8-14-16(15(20)9-13)23-18(25-7-6-21-11-25)24-17(14)22-10-12-4-2-1-3-5-12/h1-9,11H,10H2,(H,22,23,24). The molecular formula is C18H13I2N5.